The van der Waals surface area contributed by atoms with Gasteiger partial charge in [0.15, 0.2) is 0 Å². The molecule has 2 aromatic rings. The molecule has 2 unspecified atom stereocenters. The number of hydrogen-bond donors (Lipinski definition) is 3. The lowest BCUT2D eigenvalue weighted by atomic mass is 10.00. The zero-order valence-corrected chi connectivity index (χ0v) is 19.5. The van der Waals surface area contributed by atoms with Gasteiger partial charge in [0.05, 0.1) is 36.3 Å². The Morgan fingerprint density at radius 3 is 2.39 bits per heavy atom. The highest BCUT2D eigenvalue weighted by atomic mass is 32.2. The van der Waals surface area contributed by atoms with Gasteiger partial charge in [0.1, 0.15) is 5.82 Å². The lowest BCUT2D eigenvalue weighted by molar-refractivity contribution is -0.139. The van der Waals surface area contributed by atoms with E-state index in [-0.39, 0.29) is 12.4 Å². The minimum Gasteiger partial charge on any atom is -0.481 e. The van der Waals surface area contributed by atoms with Crippen molar-refractivity contribution >= 4 is 28.0 Å². The predicted molar refractivity (Wildman–Crippen MR) is 123 cm³/mol. The van der Waals surface area contributed by atoms with Crippen LogP contribution in [0.15, 0.2) is 30.3 Å². The molecule has 1 heterocycles. The number of aliphatic hydroxyl groups excluding tert-OH is 2. The van der Waals surface area contributed by atoms with E-state index in [0.29, 0.717) is 35.4 Å². The molecular formula is C22H28FN3O6S. The molecule has 11 heteroatoms. The Balaban J connectivity index is 2.58. The van der Waals surface area contributed by atoms with Crippen LogP contribution in [0.25, 0.3) is 17.3 Å². The summed E-state index contributed by atoms with van der Waals surface area (Å²) in [7, 11) is -2.31. The van der Waals surface area contributed by atoms with Crippen molar-refractivity contribution in [2.24, 2.45) is 0 Å². The van der Waals surface area contributed by atoms with Crippen molar-refractivity contribution in [1.82, 2.24) is 9.97 Å². The van der Waals surface area contributed by atoms with Gasteiger partial charge in [-0.3, -0.25) is 4.79 Å². The van der Waals surface area contributed by atoms with E-state index in [1.54, 1.807) is 6.08 Å². The summed E-state index contributed by atoms with van der Waals surface area (Å²) in [6.07, 6.45) is 2.06. The van der Waals surface area contributed by atoms with E-state index in [1.807, 2.05) is 6.92 Å². The van der Waals surface area contributed by atoms with Crippen LogP contribution >= 0.6 is 0 Å². The van der Waals surface area contributed by atoms with Crippen molar-refractivity contribution < 1.29 is 32.9 Å². The Labute approximate surface area is 192 Å². The second-order valence-electron chi connectivity index (χ2n) is 7.63. The fourth-order valence-electron chi connectivity index (χ4n) is 3.07. The molecule has 0 aliphatic heterocycles. The molecule has 0 bridgehead atoms. The number of carboxylic acids is 1. The van der Waals surface area contributed by atoms with Crippen LogP contribution in [-0.2, 0) is 21.2 Å². The molecular weight excluding hydrogens is 453 g/mol. The number of aliphatic hydroxyl groups is 2. The van der Waals surface area contributed by atoms with Crippen LogP contribution in [0.4, 0.5) is 10.3 Å². The number of anilines is 1. The lowest BCUT2D eigenvalue weighted by Crippen LogP contribution is -2.27. The molecule has 2 atom stereocenters. The van der Waals surface area contributed by atoms with E-state index in [2.05, 4.69) is 9.97 Å². The molecule has 0 aliphatic carbocycles. The average Bonchev–Trinajstić information content (AvgIpc) is 2.71. The minimum absolute atomic E-state index is 0.0464. The number of nitrogens with zero attached hydrogens (tertiary/aromatic N) is 3. The number of halogens is 1. The summed E-state index contributed by atoms with van der Waals surface area (Å²) < 4.78 is 38.6. The summed E-state index contributed by atoms with van der Waals surface area (Å²) in [6, 6.07) is 5.51. The zero-order chi connectivity index (χ0) is 24.8. The third-order valence-electron chi connectivity index (χ3n) is 4.81. The molecule has 3 N–H and O–H groups in total. The summed E-state index contributed by atoms with van der Waals surface area (Å²) >= 11 is 0. The molecule has 0 amide bonds. The molecule has 1 aromatic carbocycles. The number of hydrogen-bond acceptors (Lipinski definition) is 7. The molecule has 0 aliphatic rings. The van der Waals surface area contributed by atoms with Crippen molar-refractivity contribution in [2.45, 2.75) is 44.8 Å². The largest absolute Gasteiger partial charge is 0.481 e. The first-order valence-corrected chi connectivity index (χ1v) is 12.1. The molecule has 0 saturated heterocycles. The lowest BCUT2D eigenvalue weighted by Gasteiger charge is -2.19. The highest BCUT2D eigenvalue weighted by molar-refractivity contribution is 7.92. The van der Waals surface area contributed by atoms with Crippen LogP contribution in [0, 0.1) is 5.82 Å². The predicted octanol–water partition coefficient (Wildman–Crippen LogP) is 2.23. The maximum Gasteiger partial charge on any atom is 0.305 e. The number of carboxylic acid groups (broad SMARTS) is 1. The zero-order valence-electron chi connectivity index (χ0n) is 18.6. The van der Waals surface area contributed by atoms with Gasteiger partial charge in [0, 0.05) is 24.6 Å². The van der Waals surface area contributed by atoms with Gasteiger partial charge >= 0.3 is 5.97 Å². The molecule has 180 valence electrons. The Hall–Kier alpha value is -2.89. The molecule has 0 fully saturated rings. The number of aliphatic carboxylic acids is 1. The third kappa shape index (κ3) is 7.58. The number of rotatable bonds is 11. The van der Waals surface area contributed by atoms with Gasteiger partial charge in [0.25, 0.3) is 0 Å². The first kappa shape index (κ1) is 26.4. The Morgan fingerprint density at radius 1 is 1.21 bits per heavy atom. The first-order chi connectivity index (χ1) is 15.4. The van der Waals surface area contributed by atoms with Gasteiger partial charge in [-0.15, -0.1) is 0 Å². The van der Waals surface area contributed by atoms with Gasteiger partial charge in [-0.05, 0) is 30.7 Å². The highest BCUT2D eigenvalue weighted by Gasteiger charge is 2.21. The maximum absolute atomic E-state index is 13.5. The van der Waals surface area contributed by atoms with Gasteiger partial charge in [-0.25, -0.2) is 27.1 Å². The normalized spacial score (nSPS) is 13.8. The molecule has 0 saturated carbocycles. The van der Waals surface area contributed by atoms with Crippen molar-refractivity contribution in [3.8, 4) is 11.3 Å². The molecule has 0 spiro atoms. The summed E-state index contributed by atoms with van der Waals surface area (Å²) in [5.41, 5.74) is 1.88. The van der Waals surface area contributed by atoms with Crippen molar-refractivity contribution in [1.29, 1.82) is 0 Å². The standard InChI is InChI=1S/C22H28FN3O6S/c1-4-5-19-18(11-10-16(27)12-17(28)13-20(29)30)21(14-6-8-15(23)9-7-14)25-22(24-19)26(2)33(3,31)32/h6-11,16-17,27-28H,4-5,12-13H2,1-3H3,(H,29,30). The van der Waals surface area contributed by atoms with Crippen LogP contribution in [0.1, 0.15) is 37.4 Å². The quantitative estimate of drug-likeness (QED) is 0.444. The Morgan fingerprint density at radius 2 is 1.85 bits per heavy atom. The summed E-state index contributed by atoms with van der Waals surface area (Å²) in [5, 5.41) is 28.8. The van der Waals surface area contributed by atoms with Crippen molar-refractivity contribution in [2.75, 3.05) is 17.6 Å². The van der Waals surface area contributed by atoms with Gasteiger partial charge in [-0.2, -0.15) is 0 Å². The monoisotopic (exact) mass is 481 g/mol. The Kier molecular flexibility index (Phi) is 9.03. The Bertz CT molecular complexity index is 1110. The smallest absolute Gasteiger partial charge is 0.305 e. The number of carbonyl (C=O) groups is 1. The van der Waals surface area contributed by atoms with Crippen LogP contribution in [0.3, 0.4) is 0 Å². The molecule has 1 aromatic heterocycles. The van der Waals surface area contributed by atoms with Gasteiger partial charge in [0.2, 0.25) is 16.0 Å². The second-order valence-corrected chi connectivity index (χ2v) is 9.65. The second kappa shape index (κ2) is 11.3. The summed E-state index contributed by atoms with van der Waals surface area (Å²) in [6.45, 7) is 1.92. The van der Waals surface area contributed by atoms with E-state index in [9.17, 15) is 27.8 Å². The van der Waals surface area contributed by atoms with E-state index >= 15 is 0 Å². The number of sulfonamides is 1. The fourth-order valence-corrected chi connectivity index (χ4v) is 3.45. The van der Waals surface area contributed by atoms with E-state index in [1.165, 1.54) is 37.4 Å². The molecule has 9 nitrogen and oxygen atoms in total. The van der Waals surface area contributed by atoms with Gasteiger partial charge in [-0.1, -0.05) is 25.5 Å². The highest BCUT2D eigenvalue weighted by Crippen LogP contribution is 2.29. The van der Waals surface area contributed by atoms with E-state index < -0.39 is 40.4 Å². The van der Waals surface area contributed by atoms with Gasteiger partial charge < -0.3 is 15.3 Å². The number of benzene rings is 1. The fraction of sp³-hybridized carbons (Fsp3) is 0.409. The first-order valence-electron chi connectivity index (χ1n) is 10.3. The summed E-state index contributed by atoms with van der Waals surface area (Å²) in [4.78, 5) is 19.5. The third-order valence-corrected chi connectivity index (χ3v) is 5.96. The summed E-state index contributed by atoms with van der Waals surface area (Å²) in [5.74, 6) is -1.67. The number of aryl methyl sites for hydroxylation is 1. The SMILES string of the molecule is CCCc1nc(N(C)S(C)(=O)=O)nc(-c2ccc(F)cc2)c1C=CC(O)CC(O)CC(=O)O. The average molecular weight is 482 g/mol. The molecule has 0 radical (unpaired) electrons. The van der Waals surface area contributed by atoms with Crippen LogP contribution in [0.5, 0.6) is 0 Å². The maximum atomic E-state index is 13.5. The van der Waals surface area contributed by atoms with Crippen LogP contribution in [-0.4, -0.2) is 65.2 Å². The van der Waals surface area contributed by atoms with E-state index in [0.717, 1.165) is 10.6 Å². The molecule has 2 rings (SSSR count). The van der Waals surface area contributed by atoms with Crippen molar-refractivity contribution in [3.05, 3.63) is 47.4 Å². The van der Waals surface area contributed by atoms with Crippen molar-refractivity contribution in [3.63, 3.8) is 0 Å². The minimum atomic E-state index is -3.64. The van der Waals surface area contributed by atoms with E-state index in [4.69, 9.17) is 5.11 Å². The molecule has 33 heavy (non-hydrogen) atoms. The number of aromatic nitrogens is 2. The van der Waals surface area contributed by atoms with Crippen LogP contribution in [0.2, 0.25) is 0 Å². The van der Waals surface area contributed by atoms with Crippen LogP contribution < -0.4 is 4.31 Å². The topological polar surface area (TPSA) is 141 Å².